The summed E-state index contributed by atoms with van der Waals surface area (Å²) in [7, 11) is 0. The van der Waals surface area contributed by atoms with Crippen LogP contribution in [0.5, 0.6) is 0 Å². The van der Waals surface area contributed by atoms with Crippen LogP contribution in [0.1, 0.15) is 28.8 Å². The third-order valence-corrected chi connectivity index (χ3v) is 6.45. The van der Waals surface area contributed by atoms with Gasteiger partial charge in [0, 0.05) is 41.8 Å². The third-order valence-electron chi connectivity index (χ3n) is 6.20. The topological polar surface area (TPSA) is 61.9 Å². The van der Waals surface area contributed by atoms with Crippen molar-refractivity contribution in [3.05, 3.63) is 64.7 Å². The van der Waals surface area contributed by atoms with E-state index in [-0.39, 0.29) is 17.6 Å². The molecule has 170 valence electrons. The summed E-state index contributed by atoms with van der Waals surface area (Å²) in [6.45, 7) is 6.24. The molecule has 2 aliphatic heterocycles. The molecule has 0 atom stereocenters. The Morgan fingerprint density at radius 1 is 0.906 bits per heavy atom. The molecular weight excluding hydrogens is 426 g/mol. The van der Waals surface area contributed by atoms with Gasteiger partial charge in [-0.05, 0) is 67.9 Å². The minimum atomic E-state index is -0.0200. The van der Waals surface area contributed by atoms with Crippen molar-refractivity contribution in [2.24, 2.45) is 5.92 Å². The molecule has 2 aromatic rings. The minimum Gasteiger partial charge on any atom is -0.379 e. The molecule has 0 unspecified atom stereocenters. The van der Waals surface area contributed by atoms with E-state index in [0.29, 0.717) is 17.1 Å². The van der Waals surface area contributed by atoms with E-state index in [0.717, 1.165) is 64.5 Å². The summed E-state index contributed by atoms with van der Waals surface area (Å²) in [5, 5.41) is 3.62. The van der Waals surface area contributed by atoms with Crippen molar-refractivity contribution in [1.29, 1.82) is 0 Å². The second kappa shape index (κ2) is 11.1. The van der Waals surface area contributed by atoms with E-state index in [2.05, 4.69) is 27.2 Å². The van der Waals surface area contributed by atoms with Gasteiger partial charge in [0.25, 0.3) is 0 Å². The first kappa shape index (κ1) is 22.9. The second-order valence-corrected chi connectivity index (χ2v) is 8.99. The summed E-state index contributed by atoms with van der Waals surface area (Å²) in [6.07, 6.45) is 1.54. The fourth-order valence-corrected chi connectivity index (χ4v) is 4.44. The van der Waals surface area contributed by atoms with Gasteiger partial charge in [0.1, 0.15) is 0 Å². The number of rotatable bonds is 7. The summed E-state index contributed by atoms with van der Waals surface area (Å²) in [6, 6.07) is 15.1. The molecule has 0 aliphatic carbocycles. The number of halogens is 1. The highest BCUT2D eigenvalue weighted by molar-refractivity contribution is 6.30. The molecular formula is C25H30ClN3O3. The molecule has 0 bridgehead atoms. The monoisotopic (exact) mass is 455 g/mol. The molecule has 2 heterocycles. The van der Waals surface area contributed by atoms with E-state index in [1.54, 1.807) is 24.3 Å². The van der Waals surface area contributed by atoms with Gasteiger partial charge in [-0.1, -0.05) is 23.7 Å². The van der Waals surface area contributed by atoms with Crippen LogP contribution in [0.3, 0.4) is 0 Å². The van der Waals surface area contributed by atoms with Crippen molar-refractivity contribution in [3.63, 3.8) is 0 Å². The van der Waals surface area contributed by atoms with Crippen LogP contribution < -0.4 is 5.32 Å². The van der Waals surface area contributed by atoms with E-state index in [1.165, 1.54) is 5.56 Å². The number of hydrogen-bond donors (Lipinski definition) is 1. The number of ketones is 1. The van der Waals surface area contributed by atoms with Crippen LogP contribution in [-0.2, 0) is 16.1 Å². The number of piperidine rings is 1. The van der Waals surface area contributed by atoms with Gasteiger partial charge < -0.3 is 10.1 Å². The molecule has 0 spiro atoms. The summed E-state index contributed by atoms with van der Waals surface area (Å²) in [5.74, 6) is 0.158. The standard InChI is InChI=1S/C25H30ClN3O3/c26-22-5-3-20(4-6-22)25(31)21-9-11-28(12-10-21)18-24(30)27-23-7-1-19(2-8-23)17-29-13-15-32-16-14-29/h1-8,21H,9-18H2,(H,27,30). The molecule has 0 saturated carbocycles. The number of carbonyl (C=O) groups is 2. The van der Waals surface area contributed by atoms with Crippen LogP contribution in [0, 0.1) is 5.92 Å². The average Bonchev–Trinajstić information content (AvgIpc) is 2.81. The molecule has 1 amide bonds. The Morgan fingerprint density at radius 2 is 1.56 bits per heavy atom. The van der Waals surface area contributed by atoms with E-state index >= 15 is 0 Å². The van der Waals surface area contributed by atoms with Gasteiger partial charge in [-0.3, -0.25) is 19.4 Å². The second-order valence-electron chi connectivity index (χ2n) is 8.56. The first-order valence-electron chi connectivity index (χ1n) is 11.3. The first-order chi connectivity index (χ1) is 15.6. The quantitative estimate of drug-likeness (QED) is 0.645. The van der Waals surface area contributed by atoms with Crippen molar-refractivity contribution >= 4 is 29.0 Å². The maximum Gasteiger partial charge on any atom is 0.238 e. The van der Waals surface area contributed by atoms with Gasteiger partial charge in [0.2, 0.25) is 5.91 Å². The van der Waals surface area contributed by atoms with Crippen molar-refractivity contribution in [1.82, 2.24) is 9.80 Å². The Morgan fingerprint density at radius 3 is 2.22 bits per heavy atom. The lowest BCUT2D eigenvalue weighted by Gasteiger charge is -2.30. The Balaban J connectivity index is 1.20. The predicted octanol–water partition coefficient (Wildman–Crippen LogP) is 3.71. The van der Waals surface area contributed by atoms with Crippen LogP contribution in [0.25, 0.3) is 0 Å². The van der Waals surface area contributed by atoms with Gasteiger partial charge in [-0.2, -0.15) is 0 Å². The Hall–Kier alpha value is -2.25. The lowest BCUT2D eigenvalue weighted by Crippen LogP contribution is -2.40. The van der Waals surface area contributed by atoms with Gasteiger partial charge in [0.05, 0.1) is 19.8 Å². The zero-order valence-electron chi connectivity index (χ0n) is 18.3. The van der Waals surface area contributed by atoms with E-state index in [1.807, 2.05) is 12.1 Å². The smallest absolute Gasteiger partial charge is 0.238 e. The molecule has 4 rings (SSSR count). The van der Waals surface area contributed by atoms with Gasteiger partial charge in [-0.15, -0.1) is 0 Å². The van der Waals surface area contributed by atoms with Crippen LogP contribution >= 0.6 is 11.6 Å². The number of ether oxygens (including phenoxy) is 1. The predicted molar refractivity (Wildman–Crippen MR) is 126 cm³/mol. The van der Waals surface area contributed by atoms with E-state index in [9.17, 15) is 9.59 Å². The fourth-order valence-electron chi connectivity index (χ4n) is 4.32. The largest absolute Gasteiger partial charge is 0.379 e. The van der Waals surface area contributed by atoms with Crippen LogP contribution in [0.15, 0.2) is 48.5 Å². The molecule has 2 saturated heterocycles. The number of anilines is 1. The summed E-state index contributed by atoms with van der Waals surface area (Å²) in [4.78, 5) is 29.7. The highest BCUT2D eigenvalue weighted by Gasteiger charge is 2.26. The molecule has 0 radical (unpaired) electrons. The maximum absolute atomic E-state index is 12.7. The van der Waals surface area contributed by atoms with Gasteiger partial charge in [0.15, 0.2) is 5.78 Å². The Kier molecular flexibility index (Phi) is 7.92. The highest BCUT2D eigenvalue weighted by Crippen LogP contribution is 2.23. The summed E-state index contributed by atoms with van der Waals surface area (Å²) in [5.41, 5.74) is 2.76. The number of benzene rings is 2. The normalized spacial score (nSPS) is 18.4. The van der Waals surface area contributed by atoms with Crippen molar-refractivity contribution in [2.75, 3.05) is 51.3 Å². The number of Topliss-reactive ketones (excluding diaryl/α,β-unsaturated/α-hetero) is 1. The zero-order valence-corrected chi connectivity index (χ0v) is 19.0. The summed E-state index contributed by atoms with van der Waals surface area (Å²) >= 11 is 5.91. The number of hydrogen-bond acceptors (Lipinski definition) is 5. The lowest BCUT2D eigenvalue weighted by molar-refractivity contribution is -0.117. The van der Waals surface area contributed by atoms with Crippen LogP contribution in [0.2, 0.25) is 5.02 Å². The zero-order chi connectivity index (χ0) is 22.3. The lowest BCUT2D eigenvalue weighted by atomic mass is 9.89. The van der Waals surface area contributed by atoms with Crippen molar-refractivity contribution in [2.45, 2.75) is 19.4 Å². The summed E-state index contributed by atoms with van der Waals surface area (Å²) < 4.78 is 5.39. The third kappa shape index (κ3) is 6.39. The van der Waals surface area contributed by atoms with Crippen molar-refractivity contribution in [3.8, 4) is 0 Å². The molecule has 2 aliphatic rings. The Labute approximate surface area is 194 Å². The molecule has 2 aromatic carbocycles. The van der Waals surface area contributed by atoms with Crippen LogP contribution in [0.4, 0.5) is 5.69 Å². The molecule has 0 aromatic heterocycles. The molecule has 6 nitrogen and oxygen atoms in total. The number of morpholine rings is 1. The fraction of sp³-hybridized carbons (Fsp3) is 0.440. The number of likely N-dealkylation sites (tertiary alicyclic amines) is 1. The highest BCUT2D eigenvalue weighted by atomic mass is 35.5. The molecule has 32 heavy (non-hydrogen) atoms. The molecule has 7 heteroatoms. The first-order valence-corrected chi connectivity index (χ1v) is 11.7. The maximum atomic E-state index is 12.7. The van der Waals surface area contributed by atoms with Crippen LogP contribution in [-0.4, -0.2) is 67.4 Å². The van der Waals surface area contributed by atoms with Gasteiger partial charge >= 0.3 is 0 Å². The number of carbonyl (C=O) groups excluding carboxylic acids is 2. The van der Waals surface area contributed by atoms with E-state index < -0.39 is 0 Å². The number of amides is 1. The van der Waals surface area contributed by atoms with Crippen molar-refractivity contribution < 1.29 is 14.3 Å². The Bertz CT molecular complexity index is 903. The van der Waals surface area contributed by atoms with E-state index in [4.69, 9.17) is 16.3 Å². The molecule has 1 N–H and O–H groups in total. The number of nitrogens with one attached hydrogen (secondary N) is 1. The molecule has 2 fully saturated rings. The minimum absolute atomic E-state index is 0.00879. The SMILES string of the molecule is O=C(CN1CCC(C(=O)c2ccc(Cl)cc2)CC1)Nc1ccc(CN2CCOCC2)cc1. The van der Waals surface area contributed by atoms with Gasteiger partial charge in [-0.25, -0.2) is 0 Å². The number of nitrogens with zero attached hydrogens (tertiary/aromatic N) is 2. The average molecular weight is 456 g/mol.